The van der Waals surface area contributed by atoms with Crippen molar-refractivity contribution in [3.8, 4) is 0 Å². The number of allylic oxidation sites excluding steroid dienone is 1. The minimum Gasteiger partial charge on any atom is -0.304 e. The van der Waals surface area contributed by atoms with Crippen molar-refractivity contribution >= 4 is 0 Å². The van der Waals surface area contributed by atoms with E-state index in [9.17, 15) is 0 Å². The molecule has 86 valence electrons. The van der Waals surface area contributed by atoms with E-state index in [1.165, 1.54) is 30.4 Å². The first-order valence-electron chi connectivity index (χ1n) is 6.10. The van der Waals surface area contributed by atoms with Crippen molar-refractivity contribution in [2.24, 2.45) is 0 Å². The summed E-state index contributed by atoms with van der Waals surface area (Å²) in [5.74, 6) is 0. The molecule has 2 heteroatoms. The van der Waals surface area contributed by atoms with Crippen LogP contribution in [0, 0.1) is 6.92 Å². The smallest absolute Gasteiger partial charge is 0.0318 e. The Balaban J connectivity index is 2.02. The van der Waals surface area contributed by atoms with E-state index >= 15 is 0 Å². The summed E-state index contributed by atoms with van der Waals surface area (Å²) >= 11 is 0. The maximum atomic E-state index is 4.20. The normalized spacial score (nSPS) is 22.0. The molecule has 1 aliphatic carbocycles. The van der Waals surface area contributed by atoms with Gasteiger partial charge in [0.05, 0.1) is 0 Å². The fourth-order valence-electron chi connectivity index (χ4n) is 2.29. The molecular weight excluding hydrogens is 196 g/mol. The number of nitrogens with zero attached hydrogens (tertiary/aromatic N) is 1. The van der Waals surface area contributed by atoms with Crippen molar-refractivity contribution in [3.63, 3.8) is 0 Å². The van der Waals surface area contributed by atoms with Crippen LogP contribution in [0.2, 0.25) is 0 Å². The van der Waals surface area contributed by atoms with Gasteiger partial charge in [-0.1, -0.05) is 12.2 Å². The zero-order chi connectivity index (χ0) is 11.4. The average Bonchev–Trinajstić information content (AvgIpc) is 2.31. The molecule has 1 heterocycles. The highest BCUT2D eigenvalue weighted by Gasteiger charge is 2.14. The minimum absolute atomic E-state index is 0.376. The van der Waals surface area contributed by atoms with Crippen molar-refractivity contribution < 1.29 is 0 Å². The molecular formula is C14H20N2. The van der Waals surface area contributed by atoms with Gasteiger partial charge in [-0.25, -0.2) is 0 Å². The van der Waals surface area contributed by atoms with E-state index in [0.29, 0.717) is 12.1 Å². The first kappa shape index (κ1) is 11.3. The van der Waals surface area contributed by atoms with Gasteiger partial charge in [-0.05, 0) is 50.3 Å². The molecule has 0 saturated heterocycles. The molecule has 0 amide bonds. The van der Waals surface area contributed by atoms with Gasteiger partial charge in [-0.2, -0.15) is 0 Å². The van der Waals surface area contributed by atoms with Crippen molar-refractivity contribution in [2.45, 2.75) is 45.2 Å². The Kier molecular flexibility index (Phi) is 3.73. The van der Waals surface area contributed by atoms with Crippen LogP contribution >= 0.6 is 0 Å². The van der Waals surface area contributed by atoms with Crippen LogP contribution in [0.3, 0.4) is 0 Å². The second-order valence-corrected chi connectivity index (χ2v) is 4.59. The summed E-state index contributed by atoms with van der Waals surface area (Å²) in [7, 11) is 0. The summed E-state index contributed by atoms with van der Waals surface area (Å²) in [6.45, 7) is 4.36. The van der Waals surface area contributed by atoms with E-state index in [0.717, 1.165) is 0 Å². The van der Waals surface area contributed by atoms with Crippen LogP contribution in [0.1, 0.15) is 43.4 Å². The summed E-state index contributed by atoms with van der Waals surface area (Å²) in [4.78, 5) is 4.20. The van der Waals surface area contributed by atoms with Gasteiger partial charge >= 0.3 is 0 Å². The molecule has 0 aliphatic heterocycles. The molecule has 2 rings (SSSR count). The SMILES string of the molecule is Cc1ccncc1C(C)NC1C=CCCC1. The monoisotopic (exact) mass is 216 g/mol. The van der Waals surface area contributed by atoms with Gasteiger partial charge in [-0.3, -0.25) is 4.98 Å². The fraction of sp³-hybridized carbons (Fsp3) is 0.500. The van der Waals surface area contributed by atoms with E-state index in [1.54, 1.807) is 0 Å². The fourth-order valence-corrected chi connectivity index (χ4v) is 2.29. The van der Waals surface area contributed by atoms with Crippen LogP contribution in [0.25, 0.3) is 0 Å². The molecule has 1 aromatic heterocycles. The third kappa shape index (κ3) is 2.70. The standard InChI is InChI=1S/C14H20N2/c1-11-8-9-15-10-14(11)12(2)16-13-6-4-3-5-7-13/h4,6,8-10,12-13,16H,3,5,7H2,1-2H3. The van der Waals surface area contributed by atoms with Crippen molar-refractivity contribution in [2.75, 3.05) is 0 Å². The van der Waals surface area contributed by atoms with Crippen molar-refractivity contribution in [3.05, 3.63) is 41.7 Å². The van der Waals surface area contributed by atoms with E-state index in [2.05, 4.69) is 42.4 Å². The highest BCUT2D eigenvalue weighted by atomic mass is 14.9. The Bertz CT molecular complexity index is 371. The Morgan fingerprint density at radius 3 is 3.06 bits per heavy atom. The molecule has 2 unspecified atom stereocenters. The van der Waals surface area contributed by atoms with E-state index < -0.39 is 0 Å². The zero-order valence-corrected chi connectivity index (χ0v) is 10.1. The van der Waals surface area contributed by atoms with Crippen LogP contribution in [0.15, 0.2) is 30.6 Å². The van der Waals surface area contributed by atoms with Crippen LogP contribution in [0.5, 0.6) is 0 Å². The molecule has 16 heavy (non-hydrogen) atoms. The molecule has 2 atom stereocenters. The number of aromatic nitrogens is 1. The highest BCUT2D eigenvalue weighted by Crippen LogP contribution is 2.19. The third-order valence-corrected chi connectivity index (χ3v) is 3.26. The molecule has 0 saturated carbocycles. The molecule has 0 aromatic carbocycles. The van der Waals surface area contributed by atoms with Gasteiger partial charge < -0.3 is 5.32 Å². The number of rotatable bonds is 3. The van der Waals surface area contributed by atoms with E-state index in [1.807, 2.05) is 12.4 Å². The molecule has 0 fully saturated rings. The second-order valence-electron chi connectivity index (χ2n) is 4.59. The Morgan fingerprint density at radius 2 is 2.38 bits per heavy atom. The molecule has 1 aliphatic rings. The Labute approximate surface area is 97.8 Å². The van der Waals surface area contributed by atoms with E-state index in [4.69, 9.17) is 0 Å². The number of pyridine rings is 1. The van der Waals surface area contributed by atoms with Crippen LogP contribution in [0.4, 0.5) is 0 Å². The van der Waals surface area contributed by atoms with Crippen molar-refractivity contribution in [1.82, 2.24) is 10.3 Å². The largest absolute Gasteiger partial charge is 0.304 e. The number of aryl methyl sites for hydroxylation is 1. The van der Waals surface area contributed by atoms with Crippen LogP contribution < -0.4 is 5.32 Å². The third-order valence-electron chi connectivity index (χ3n) is 3.26. The van der Waals surface area contributed by atoms with Gasteiger partial charge in [0.15, 0.2) is 0 Å². The van der Waals surface area contributed by atoms with Gasteiger partial charge in [0.25, 0.3) is 0 Å². The first-order chi connectivity index (χ1) is 7.77. The lowest BCUT2D eigenvalue weighted by Crippen LogP contribution is -2.31. The van der Waals surface area contributed by atoms with Gasteiger partial charge in [0, 0.05) is 24.5 Å². The molecule has 0 radical (unpaired) electrons. The predicted octanol–water partition coefficient (Wildman–Crippen LogP) is 3.15. The lowest BCUT2D eigenvalue weighted by Gasteiger charge is -2.23. The van der Waals surface area contributed by atoms with Crippen LogP contribution in [-0.4, -0.2) is 11.0 Å². The van der Waals surface area contributed by atoms with Crippen LogP contribution in [-0.2, 0) is 0 Å². The summed E-state index contributed by atoms with van der Waals surface area (Å²) in [5, 5.41) is 3.65. The summed E-state index contributed by atoms with van der Waals surface area (Å²) in [6, 6.07) is 2.98. The molecule has 0 spiro atoms. The number of hydrogen-bond donors (Lipinski definition) is 1. The lowest BCUT2D eigenvalue weighted by atomic mass is 9.99. The lowest BCUT2D eigenvalue weighted by molar-refractivity contribution is 0.466. The first-order valence-corrected chi connectivity index (χ1v) is 6.10. The van der Waals surface area contributed by atoms with Gasteiger partial charge in [0.1, 0.15) is 0 Å². The topological polar surface area (TPSA) is 24.9 Å². The molecule has 0 bridgehead atoms. The number of hydrogen-bond acceptors (Lipinski definition) is 2. The Hall–Kier alpha value is -1.15. The highest BCUT2D eigenvalue weighted by molar-refractivity contribution is 5.24. The predicted molar refractivity (Wildman–Crippen MR) is 67.3 cm³/mol. The van der Waals surface area contributed by atoms with Gasteiger partial charge in [0.2, 0.25) is 0 Å². The van der Waals surface area contributed by atoms with Crippen molar-refractivity contribution in [1.29, 1.82) is 0 Å². The van der Waals surface area contributed by atoms with Gasteiger partial charge in [-0.15, -0.1) is 0 Å². The summed E-state index contributed by atoms with van der Waals surface area (Å²) in [6.07, 6.45) is 12.2. The average molecular weight is 216 g/mol. The quantitative estimate of drug-likeness (QED) is 0.785. The molecule has 1 aromatic rings. The summed E-state index contributed by atoms with van der Waals surface area (Å²) in [5.41, 5.74) is 2.62. The maximum absolute atomic E-state index is 4.20. The number of nitrogens with one attached hydrogen (secondary N) is 1. The summed E-state index contributed by atoms with van der Waals surface area (Å²) < 4.78 is 0. The molecule has 2 nitrogen and oxygen atoms in total. The Morgan fingerprint density at radius 1 is 1.50 bits per heavy atom. The van der Waals surface area contributed by atoms with E-state index in [-0.39, 0.29) is 0 Å². The molecule has 1 N–H and O–H groups in total. The second kappa shape index (κ2) is 5.26. The zero-order valence-electron chi connectivity index (χ0n) is 10.1. The maximum Gasteiger partial charge on any atom is 0.0318 e. The minimum atomic E-state index is 0.376.